The highest BCUT2D eigenvalue weighted by atomic mass is 16.6. The fraction of sp³-hybridized carbons (Fsp3) is 0.526. The maximum atomic E-state index is 12.2. The molecular formula is C19H22O6. The summed E-state index contributed by atoms with van der Waals surface area (Å²) in [4.78, 5) is 36.3. The van der Waals surface area contributed by atoms with E-state index in [-0.39, 0.29) is 35.6 Å². The lowest BCUT2D eigenvalue weighted by atomic mass is 9.82. The molecule has 0 aromatic rings. The normalized spacial score (nSPS) is 34.6. The van der Waals surface area contributed by atoms with Gasteiger partial charge in [-0.05, 0) is 32.8 Å². The Balaban J connectivity index is 1.98. The van der Waals surface area contributed by atoms with Crippen LogP contribution in [0.4, 0.5) is 0 Å². The van der Waals surface area contributed by atoms with Crippen LogP contribution >= 0.6 is 0 Å². The fourth-order valence-electron chi connectivity index (χ4n) is 3.71. The molecule has 5 atom stereocenters. The van der Waals surface area contributed by atoms with Crippen molar-refractivity contribution < 1.29 is 28.6 Å². The van der Waals surface area contributed by atoms with Gasteiger partial charge in [-0.1, -0.05) is 18.7 Å². The van der Waals surface area contributed by atoms with Gasteiger partial charge in [0, 0.05) is 17.6 Å². The van der Waals surface area contributed by atoms with E-state index in [1.165, 1.54) is 0 Å². The Labute approximate surface area is 146 Å². The first-order chi connectivity index (χ1) is 11.8. The zero-order valence-corrected chi connectivity index (χ0v) is 14.4. The highest BCUT2D eigenvalue weighted by Crippen LogP contribution is 2.39. The molecule has 0 radical (unpaired) electrons. The first-order valence-corrected chi connectivity index (χ1v) is 8.40. The van der Waals surface area contributed by atoms with Crippen molar-refractivity contribution in [1.82, 2.24) is 0 Å². The third-order valence-corrected chi connectivity index (χ3v) is 4.95. The van der Waals surface area contributed by atoms with E-state index in [9.17, 15) is 14.4 Å². The zero-order valence-electron chi connectivity index (χ0n) is 14.4. The van der Waals surface area contributed by atoms with E-state index in [4.69, 9.17) is 14.2 Å². The van der Waals surface area contributed by atoms with Crippen molar-refractivity contribution in [3.8, 4) is 0 Å². The van der Waals surface area contributed by atoms with Gasteiger partial charge < -0.3 is 14.2 Å². The van der Waals surface area contributed by atoms with Crippen LogP contribution in [0.5, 0.6) is 0 Å². The van der Waals surface area contributed by atoms with Crippen LogP contribution in [-0.2, 0) is 28.6 Å². The number of carbonyl (C=O) groups excluding carboxylic acids is 3. The first-order valence-electron chi connectivity index (χ1n) is 8.40. The summed E-state index contributed by atoms with van der Waals surface area (Å²) in [5.74, 6) is -2.24. The van der Waals surface area contributed by atoms with Crippen LogP contribution in [0, 0.1) is 11.8 Å². The largest absolute Gasteiger partial charge is 0.462 e. The Morgan fingerprint density at radius 1 is 1.28 bits per heavy atom. The summed E-state index contributed by atoms with van der Waals surface area (Å²) in [5, 5.41) is 0. The molecule has 0 spiro atoms. The van der Waals surface area contributed by atoms with Gasteiger partial charge in [-0.2, -0.15) is 0 Å². The molecule has 3 aliphatic rings. The van der Waals surface area contributed by atoms with E-state index in [1.807, 2.05) is 13.0 Å². The monoisotopic (exact) mass is 346 g/mol. The molecule has 2 bridgehead atoms. The SMILES string of the molecule is C=C(C)C(=O)OC1CC2CC(CC(C)=CC3OC(=O)C(=C)C31)OC2=O. The van der Waals surface area contributed by atoms with Crippen molar-refractivity contribution in [2.45, 2.75) is 51.4 Å². The molecule has 2 saturated heterocycles. The predicted octanol–water partition coefficient (Wildman–Crippen LogP) is 2.24. The number of hydrogen-bond acceptors (Lipinski definition) is 6. The van der Waals surface area contributed by atoms with Crippen LogP contribution < -0.4 is 0 Å². The number of fused-ring (bicyclic) bond motifs is 3. The molecule has 134 valence electrons. The predicted molar refractivity (Wildman–Crippen MR) is 88.2 cm³/mol. The highest BCUT2D eigenvalue weighted by Gasteiger charge is 2.48. The summed E-state index contributed by atoms with van der Waals surface area (Å²) in [6.07, 6.45) is 1.84. The molecule has 1 aliphatic carbocycles. The lowest BCUT2D eigenvalue weighted by molar-refractivity contribution is -0.152. The molecule has 6 heteroatoms. The summed E-state index contributed by atoms with van der Waals surface area (Å²) in [6, 6.07) is 0. The smallest absolute Gasteiger partial charge is 0.334 e. The third-order valence-electron chi connectivity index (χ3n) is 4.95. The molecule has 5 unspecified atom stereocenters. The second kappa shape index (κ2) is 6.50. The Bertz CT molecular complexity index is 688. The van der Waals surface area contributed by atoms with Crippen molar-refractivity contribution in [3.05, 3.63) is 36.0 Å². The Morgan fingerprint density at radius 2 is 2.00 bits per heavy atom. The van der Waals surface area contributed by atoms with E-state index < -0.39 is 30.1 Å². The van der Waals surface area contributed by atoms with Crippen LogP contribution in [-0.4, -0.2) is 36.2 Å². The molecule has 0 aromatic heterocycles. The lowest BCUT2D eigenvalue weighted by Crippen LogP contribution is -2.35. The summed E-state index contributed by atoms with van der Waals surface area (Å²) in [5.41, 5.74) is 1.47. The van der Waals surface area contributed by atoms with Crippen LogP contribution in [0.2, 0.25) is 0 Å². The molecule has 2 heterocycles. The van der Waals surface area contributed by atoms with E-state index in [2.05, 4.69) is 13.2 Å². The van der Waals surface area contributed by atoms with Gasteiger partial charge in [-0.3, -0.25) is 4.79 Å². The number of ether oxygens (including phenoxy) is 3. The highest BCUT2D eigenvalue weighted by molar-refractivity contribution is 5.92. The number of hydrogen-bond donors (Lipinski definition) is 0. The third kappa shape index (κ3) is 3.38. The Kier molecular flexibility index (Phi) is 4.54. The van der Waals surface area contributed by atoms with Crippen molar-refractivity contribution in [2.24, 2.45) is 11.8 Å². The van der Waals surface area contributed by atoms with E-state index >= 15 is 0 Å². The molecule has 0 saturated carbocycles. The maximum Gasteiger partial charge on any atom is 0.334 e. The molecule has 25 heavy (non-hydrogen) atoms. The summed E-state index contributed by atoms with van der Waals surface area (Å²) in [6.45, 7) is 10.9. The van der Waals surface area contributed by atoms with Gasteiger partial charge in [-0.15, -0.1) is 0 Å². The molecule has 0 aromatic carbocycles. The lowest BCUT2D eigenvalue weighted by Gasteiger charge is -2.28. The molecule has 6 nitrogen and oxygen atoms in total. The molecule has 0 amide bonds. The summed E-state index contributed by atoms with van der Waals surface area (Å²) >= 11 is 0. The minimum atomic E-state index is -0.702. The fourth-order valence-corrected chi connectivity index (χ4v) is 3.71. The van der Waals surface area contributed by atoms with Gasteiger partial charge in [0.15, 0.2) is 0 Å². The van der Waals surface area contributed by atoms with Crippen molar-refractivity contribution >= 4 is 17.9 Å². The van der Waals surface area contributed by atoms with Gasteiger partial charge in [0.25, 0.3) is 0 Å². The van der Waals surface area contributed by atoms with Crippen LogP contribution in [0.3, 0.4) is 0 Å². The van der Waals surface area contributed by atoms with Crippen LogP contribution in [0.15, 0.2) is 36.0 Å². The van der Waals surface area contributed by atoms with Crippen molar-refractivity contribution in [2.75, 3.05) is 0 Å². The molecule has 2 aliphatic heterocycles. The van der Waals surface area contributed by atoms with E-state index in [0.717, 1.165) is 5.57 Å². The second-order valence-corrected chi connectivity index (χ2v) is 7.09. The van der Waals surface area contributed by atoms with Gasteiger partial charge in [-0.25, -0.2) is 9.59 Å². The molecule has 0 N–H and O–H groups in total. The molecular weight excluding hydrogens is 324 g/mol. The Morgan fingerprint density at radius 3 is 2.68 bits per heavy atom. The quantitative estimate of drug-likeness (QED) is 0.330. The van der Waals surface area contributed by atoms with Gasteiger partial charge in [0.2, 0.25) is 0 Å². The van der Waals surface area contributed by atoms with E-state index in [1.54, 1.807) is 6.92 Å². The number of carbonyl (C=O) groups is 3. The van der Waals surface area contributed by atoms with Crippen molar-refractivity contribution in [3.63, 3.8) is 0 Å². The molecule has 3 rings (SSSR count). The molecule has 2 fully saturated rings. The zero-order chi connectivity index (χ0) is 18.3. The maximum absolute atomic E-state index is 12.2. The van der Waals surface area contributed by atoms with Gasteiger partial charge in [0.05, 0.1) is 11.8 Å². The minimum Gasteiger partial charge on any atom is -0.462 e. The summed E-state index contributed by atoms with van der Waals surface area (Å²) < 4.78 is 16.4. The average molecular weight is 346 g/mol. The topological polar surface area (TPSA) is 78.9 Å². The Hall–Kier alpha value is -2.37. The first kappa shape index (κ1) is 17.5. The second-order valence-electron chi connectivity index (χ2n) is 7.09. The van der Waals surface area contributed by atoms with Gasteiger partial charge >= 0.3 is 17.9 Å². The number of rotatable bonds is 2. The van der Waals surface area contributed by atoms with E-state index in [0.29, 0.717) is 12.8 Å². The summed E-state index contributed by atoms with van der Waals surface area (Å²) in [7, 11) is 0. The number of esters is 3. The van der Waals surface area contributed by atoms with Gasteiger partial charge in [0.1, 0.15) is 18.3 Å². The van der Waals surface area contributed by atoms with Crippen LogP contribution in [0.25, 0.3) is 0 Å². The van der Waals surface area contributed by atoms with Crippen LogP contribution in [0.1, 0.15) is 33.1 Å². The average Bonchev–Trinajstić information content (AvgIpc) is 2.98. The standard InChI is InChI=1S/C19H22O6/c1-9(2)17(20)24-15-8-12-7-13(23-19(12)22)5-10(3)6-14-16(15)11(4)18(21)25-14/h6,12-16H,1,4-5,7-8H2,2-3H3. The van der Waals surface area contributed by atoms with Crippen molar-refractivity contribution in [1.29, 1.82) is 0 Å². The minimum absolute atomic E-state index is 0.192.